The number of carbonyl (C=O) groups excluding carboxylic acids is 1. The van der Waals surface area contributed by atoms with E-state index in [0.717, 1.165) is 11.1 Å². The Morgan fingerprint density at radius 3 is 2.43 bits per heavy atom. The van der Waals surface area contributed by atoms with Crippen molar-refractivity contribution in [2.24, 2.45) is 0 Å². The maximum atomic E-state index is 12.5. The summed E-state index contributed by atoms with van der Waals surface area (Å²) in [5.41, 5.74) is 1.81. The van der Waals surface area contributed by atoms with Crippen LogP contribution in [0.2, 0.25) is 5.02 Å². The van der Waals surface area contributed by atoms with Crippen LogP contribution >= 0.6 is 23.2 Å². The molecule has 0 aliphatic carbocycles. The number of carbonyl (C=O) groups is 1. The van der Waals surface area contributed by atoms with Crippen LogP contribution in [0, 0.1) is 6.92 Å². The fourth-order valence-corrected chi connectivity index (χ4v) is 2.69. The van der Waals surface area contributed by atoms with Crippen LogP contribution < -0.4 is 5.32 Å². The predicted molar refractivity (Wildman–Crippen MR) is 88.2 cm³/mol. The number of nitrogens with one attached hydrogen (secondary N) is 1. The topological polar surface area (TPSA) is 29.1 Å². The lowest BCUT2D eigenvalue weighted by atomic mass is 9.93. The minimum Gasteiger partial charge on any atom is -0.342 e. The molecule has 0 heterocycles. The van der Waals surface area contributed by atoms with Gasteiger partial charge in [0.1, 0.15) is 0 Å². The van der Waals surface area contributed by atoms with Crippen molar-refractivity contribution >= 4 is 29.1 Å². The van der Waals surface area contributed by atoms with Crippen LogP contribution in [0.1, 0.15) is 28.4 Å². The Kier molecular flexibility index (Phi) is 4.92. The molecule has 21 heavy (non-hydrogen) atoms. The largest absolute Gasteiger partial charge is 0.342 e. The molecule has 110 valence electrons. The molecule has 1 amide bonds. The molecular weight excluding hydrogens is 305 g/mol. The molecule has 1 atom stereocenters. The summed E-state index contributed by atoms with van der Waals surface area (Å²) in [4.78, 5) is 12.5. The van der Waals surface area contributed by atoms with E-state index >= 15 is 0 Å². The minimum absolute atomic E-state index is 0.187. The zero-order valence-electron chi connectivity index (χ0n) is 12.0. The third-order valence-corrected chi connectivity index (χ3v) is 4.12. The van der Waals surface area contributed by atoms with Crippen molar-refractivity contribution in [1.82, 2.24) is 5.32 Å². The first-order valence-electron chi connectivity index (χ1n) is 6.66. The standard InChI is InChI=1S/C17H17Cl2NO/c1-12-8-13(10-15(19)9-12)16(21)20-17(2,11-18)14-6-4-3-5-7-14/h3-10H,11H2,1-2H3,(H,20,21). The second-order valence-electron chi connectivity index (χ2n) is 5.30. The molecule has 4 heteroatoms. The van der Waals surface area contributed by atoms with Crippen LogP contribution in [0.15, 0.2) is 48.5 Å². The first kappa shape index (κ1) is 15.9. The highest BCUT2D eigenvalue weighted by molar-refractivity contribution is 6.31. The Hall–Kier alpha value is -1.51. The number of alkyl halides is 1. The van der Waals surface area contributed by atoms with Crippen LogP contribution in [0.25, 0.3) is 0 Å². The highest BCUT2D eigenvalue weighted by Gasteiger charge is 2.28. The average Bonchev–Trinajstić information content (AvgIpc) is 2.47. The van der Waals surface area contributed by atoms with Crippen molar-refractivity contribution in [1.29, 1.82) is 0 Å². The number of rotatable bonds is 4. The van der Waals surface area contributed by atoms with E-state index < -0.39 is 5.54 Å². The molecule has 1 unspecified atom stereocenters. The Morgan fingerprint density at radius 2 is 1.86 bits per heavy atom. The van der Waals surface area contributed by atoms with Gasteiger partial charge in [-0.25, -0.2) is 0 Å². The van der Waals surface area contributed by atoms with E-state index in [1.54, 1.807) is 12.1 Å². The number of hydrogen-bond acceptors (Lipinski definition) is 1. The van der Waals surface area contributed by atoms with Crippen molar-refractivity contribution in [3.8, 4) is 0 Å². The number of halogens is 2. The van der Waals surface area contributed by atoms with Crippen molar-refractivity contribution in [2.75, 3.05) is 5.88 Å². The van der Waals surface area contributed by atoms with Gasteiger partial charge in [-0.3, -0.25) is 4.79 Å². The first-order valence-corrected chi connectivity index (χ1v) is 7.57. The number of aryl methyl sites for hydroxylation is 1. The second-order valence-corrected chi connectivity index (χ2v) is 6.01. The van der Waals surface area contributed by atoms with E-state index in [9.17, 15) is 4.79 Å². The summed E-state index contributed by atoms with van der Waals surface area (Å²) in [6.07, 6.45) is 0. The molecule has 2 aromatic rings. The highest BCUT2D eigenvalue weighted by atomic mass is 35.5. The molecule has 0 bridgehead atoms. The molecule has 0 saturated carbocycles. The van der Waals surface area contributed by atoms with Crippen LogP contribution in [-0.2, 0) is 5.54 Å². The van der Waals surface area contributed by atoms with Crippen LogP contribution in [0.4, 0.5) is 0 Å². The molecule has 0 aliphatic rings. The van der Waals surface area contributed by atoms with Gasteiger partial charge in [0.25, 0.3) is 5.91 Å². The maximum absolute atomic E-state index is 12.5. The van der Waals surface area contributed by atoms with Gasteiger partial charge in [0.2, 0.25) is 0 Å². The van der Waals surface area contributed by atoms with Gasteiger partial charge >= 0.3 is 0 Å². The molecule has 1 N–H and O–H groups in total. The number of hydrogen-bond donors (Lipinski definition) is 1. The van der Waals surface area contributed by atoms with Crippen molar-refractivity contribution in [3.63, 3.8) is 0 Å². The fourth-order valence-electron chi connectivity index (χ4n) is 2.18. The van der Waals surface area contributed by atoms with Gasteiger partial charge in [-0.05, 0) is 43.2 Å². The summed E-state index contributed by atoms with van der Waals surface area (Å²) in [5, 5.41) is 3.55. The van der Waals surface area contributed by atoms with E-state index in [1.807, 2.05) is 50.2 Å². The summed E-state index contributed by atoms with van der Waals surface area (Å²) >= 11 is 12.1. The van der Waals surface area contributed by atoms with Gasteiger partial charge in [-0.15, -0.1) is 11.6 Å². The lowest BCUT2D eigenvalue weighted by molar-refractivity contribution is 0.0913. The zero-order chi connectivity index (χ0) is 15.5. The van der Waals surface area contributed by atoms with Crippen molar-refractivity contribution in [3.05, 3.63) is 70.2 Å². The summed E-state index contributed by atoms with van der Waals surface area (Å²) in [7, 11) is 0. The maximum Gasteiger partial charge on any atom is 0.252 e. The molecule has 0 aromatic heterocycles. The second kappa shape index (κ2) is 6.50. The Labute approximate surface area is 135 Å². The molecule has 0 radical (unpaired) electrons. The Balaban J connectivity index is 2.28. The SMILES string of the molecule is Cc1cc(Cl)cc(C(=O)NC(C)(CCl)c2ccccc2)c1. The van der Waals surface area contributed by atoms with E-state index in [2.05, 4.69) is 5.32 Å². The third kappa shape index (κ3) is 3.78. The highest BCUT2D eigenvalue weighted by Crippen LogP contribution is 2.23. The van der Waals surface area contributed by atoms with Gasteiger partial charge < -0.3 is 5.32 Å². The first-order chi connectivity index (χ1) is 9.94. The fraction of sp³-hybridized carbons (Fsp3) is 0.235. The monoisotopic (exact) mass is 321 g/mol. The van der Waals surface area contributed by atoms with Crippen LogP contribution in [0.3, 0.4) is 0 Å². The molecule has 2 nitrogen and oxygen atoms in total. The van der Waals surface area contributed by atoms with Crippen LogP contribution in [0.5, 0.6) is 0 Å². The van der Waals surface area contributed by atoms with E-state index in [4.69, 9.17) is 23.2 Å². The molecule has 2 rings (SSSR count). The molecule has 0 saturated heterocycles. The molecule has 0 fully saturated rings. The Morgan fingerprint density at radius 1 is 1.19 bits per heavy atom. The average molecular weight is 322 g/mol. The number of benzene rings is 2. The van der Waals surface area contributed by atoms with Gasteiger partial charge in [0.05, 0.1) is 5.54 Å². The summed E-state index contributed by atoms with van der Waals surface area (Å²) in [5.74, 6) is 0.0927. The minimum atomic E-state index is -0.629. The lowest BCUT2D eigenvalue weighted by Gasteiger charge is -2.29. The normalized spacial score (nSPS) is 13.5. The van der Waals surface area contributed by atoms with E-state index in [-0.39, 0.29) is 11.8 Å². The van der Waals surface area contributed by atoms with E-state index in [1.165, 1.54) is 0 Å². The third-order valence-electron chi connectivity index (χ3n) is 3.37. The van der Waals surface area contributed by atoms with Gasteiger partial charge in [-0.2, -0.15) is 0 Å². The van der Waals surface area contributed by atoms with Crippen molar-refractivity contribution in [2.45, 2.75) is 19.4 Å². The quantitative estimate of drug-likeness (QED) is 0.823. The molecule has 0 spiro atoms. The van der Waals surface area contributed by atoms with Gasteiger partial charge in [-0.1, -0.05) is 41.9 Å². The Bertz CT molecular complexity index is 622. The number of amides is 1. The molecular formula is C17H17Cl2NO. The predicted octanol–water partition coefficient (Wildman–Crippen LogP) is 4.53. The van der Waals surface area contributed by atoms with E-state index in [0.29, 0.717) is 10.6 Å². The van der Waals surface area contributed by atoms with Crippen LogP contribution in [-0.4, -0.2) is 11.8 Å². The van der Waals surface area contributed by atoms with Crippen molar-refractivity contribution < 1.29 is 4.79 Å². The zero-order valence-corrected chi connectivity index (χ0v) is 13.5. The van der Waals surface area contributed by atoms with Gasteiger partial charge in [0, 0.05) is 16.5 Å². The summed E-state index contributed by atoms with van der Waals surface area (Å²) < 4.78 is 0. The molecule has 0 aliphatic heterocycles. The molecule has 2 aromatic carbocycles. The smallest absolute Gasteiger partial charge is 0.252 e. The van der Waals surface area contributed by atoms with Gasteiger partial charge in [0.15, 0.2) is 0 Å². The summed E-state index contributed by atoms with van der Waals surface area (Å²) in [6.45, 7) is 3.81. The lowest BCUT2D eigenvalue weighted by Crippen LogP contribution is -2.45. The summed E-state index contributed by atoms with van der Waals surface area (Å²) in [6, 6.07) is 15.0.